The summed E-state index contributed by atoms with van der Waals surface area (Å²) in [5.41, 5.74) is 3.44. The Kier molecular flexibility index (Phi) is 6.96. The molecule has 1 aliphatic heterocycles. The topological polar surface area (TPSA) is 76.3 Å². The van der Waals surface area contributed by atoms with Gasteiger partial charge in [0.15, 0.2) is 0 Å². The van der Waals surface area contributed by atoms with Gasteiger partial charge in [0, 0.05) is 45.2 Å². The first kappa shape index (κ1) is 22.8. The number of rotatable bonds is 7. The summed E-state index contributed by atoms with van der Waals surface area (Å²) in [6, 6.07) is 15.3. The molecule has 0 aliphatic carbocycles. The number of fused-ring (bicyclic) bond motifs is 1. The molecule has 174 valence electrons. The molecule has 4 rings (SSSR count). The van der Waals surface area contributed by atoms with Crippen LogP contribution in [0.25, 0.3) is 11.0 Å². The average molecular weight is 449 g/mol. The molecule has 1 aromatic heterocycles. The van der Waals surface area contributed by atoms with E-state index in [1.807, 2.05) is 41.3 Å². The Morgan fingerprint density at radius 1 is 1.00 bits per heavy atom. The zero-order chi connectivity index (χ0) is 23.4. The highest BCUT2D eigenvalue weighted by Crippen LogP contribution is 2.22. The fourth-order valence-electron chi connectivity index (χ4n) is 4.78. The molecule has 0 radical (unpaired) electrons. The summed E-state index contributed by atoms with van der Waals surface area (Å²) in [5.74, 6) is 0.0890. The molecule has 2 heterocycles. The van der Waals surface area contributed by atoms with Crippen molar-refractivity contribution >= 4 is 22.8 Å². The lowest BCUT2D eigenvalue weighted by atomic mass is 9.98. The minimum atomic E-state index is -0.0741. The molecule has 1 aliphatic rings. The van der Waals surface area contributed by atoms with Crippen LogP contribution in [0.15, 0.2) is 53.3 Å². The van der Waals surface area contributed by atoms with Crippen molar-refractivity contribution in [2.75, 3.05) is 13.1 Å². The Labute approximate surface area is 194 Å². The van der Waals surface area contributed by atoms with Gasteiger partial charge < -0.3 is 10.2 Å². The Balaban J connectivity index is 1.33. The molecule has 1 N–H and O–H groups in total. The number of hydrogen-bond donors (Lipinski definition) is 1. The molecule has 3 aromatic rings. The maximum absolute atomic E-state index is 13.1. The van der Waals surface area contributed by atoms with E-state index in [-0.39, 0.29) is 23.5 Å². The molecule has 0 unspecified atom stereocenters. The number of benzene rings is 2. The van der Waals surface area contributed by atoms with Crippen molar-refractivity contribution in [2.24, 2.45) is 14.1 Å². The molecule has 7 nitrogen and oxygen atoms in total. The van der Waals surface area contributed by atoms with E-state index in [0.717, 1.165) is 48.8 Å². The van der Waals surface area contributed by atoms with Crippen LogP contribution in [0.5, 0.6) is 0 Å². The van der Waals surface area contributed by atoms with Crippen LogP contribution in [0.3, 0.4) is 0 Å². The first-order chi connectivity index (χ1) is 16.0. The van der Waals surface area contributed by atoms with E-state index in [1.54, 1.807) is 35.4 Å². The summed E-state index contributed by atoms with van der Waals surface area (Å²) in [5, 5.41) is 2.99. The Hall–Kier alpha value is -3.35. The van der Waals surface area contributed by atoms with Crippen LogP contribution in [-0.2, 0) is 25.3 Å². The zero-order valence-electron chi connectivity index (χ0n) is 19.4. The second-order valence-corrected chi connectivity index (χ2v) is 8.87. The monoisotopic (exact) mass is 448 g/mol. The lowest BCUT2D eigenvalue weighted by Gasteiger charge is -2.36. The number of hydrogen-bond acceptors (Lipinski definition) is 3. The number of aromatic nitrogens is 2. The van der Waals surface area contributed by atoms with Gasteiger partial charge in [-0.25, -0.2) is 4.79 Å². The van der Waals surface area contributed by atoms with Gasteiger partial charge in [0.05, 0.1) is 11.0 Å². The number of nitrogens with one attached hydrogen (secondary N) is 1. The Bertz CT molecular complexity index is 1200. The largest absolute Gasteiger partial charge is 0.352 e. The van der Waals surface area contributed by atoms with Crippen LogP contribution in [0.4, 0.5) is 0 Å². The molecule has 0 spiro atoms. The third-order valence-corrected chi connectivity index (χ3v) is 6.71. The van der Waals surface area contributed by atoms with Crippen molar-refractivity contribution in [1.82, 2.24) is 19.4 Å². The van der Waals surface area contributed by atoms with Gasteiger partial charge >= 0.3 is 5.69 Å². The van der Waals surface area contributed by atoms with Crippen LogP contribution in [-0.4, -0.2) is 45.0 Å². The van der Waals surface area contributed by atoms with Crippen molar-refractivity contribution in [3.8, 4) is 0 Å². The Morgan fingerprint density at radius 2 is 1.76 bits per heavy atom. The molecule has 1 atom stereocenters. The van der Waals surface area contributed by atoms with Gasteiger partial charge in [-0.15, -0.1) is 0 Å². The van der Waals surface area contributed by atoms with Crippen molar-refractivity contribution in [2.45, 2.75) is 44.6 Å². The first-order valence-electron chi connectivity index (χ1n) is 11.7. The molecule has 1 fully saturated rings. The summed E-state index contributed by atoms with van der Waals surface area (Å²) >= 11 is 0. The van der Waals surface area contributed by atoms with Crippen LogP contribution in [0.2, 0.25) is 0 Å². The molecule has 0 saturated carbocycles. The molecule has 0 bridgehead atoms. The maximum Gasteiger partial charge on any atom is 0.328 e. The van der Waals surface area contributed by atoms with Gasteiger partial charge in [0.2, 0.25) is 5.91 Å². The smallest absolute Gasteiger partial charge is 0.328 e. The highest BCUT2D eigenvalue weighted by molar-refractivity contribution is 5.94. The molecule has 33 heavy (non-hydrogen) atoms. The van der Waals surface area contributed by atoms with Gasteiger partial charge in [-0.2, -0.15) is 0 Å². The lowest BCUT2D eigenvalue weighted by molar-refractivity contribution is -0.134. The second kappa shape index (κ2) is 10.1. The van der Waals surface area contributed by atoms with Crippen molar-refractivity contribution in [1.29, 1.82) is 0 Å². The quantitative estimate of drug-likeness (QED) is 0.604. The van der Waals surface area contributed by atoms with Gasteiger partial charge in [0.1, 0.15) is 0 Å². The Morgan fingerprint density at radius 3 is 2.55 bits per heavy atom. The molecule has 2 aromatic carbocycles. The summed E-state index contributed by atoms with van der Waals surface area (Å²) in [7, 11) is 3.54. The molecule has 7 heteroatoms. The van der Waals surface area contributed by atoms with Gasteiger partial charge in [-0.05, 0) is 61.9 Å². The van der Waals surface area contributed by atoms with Crippen LogP contribution in [0.1, 0.15) is 48.0 Å². The number of piperidine rings is 1. The predicted molar refractivity (Wildman–Crippen MR) is 129 cm³/mol. The minimum Gasteiger partial charge on any atom is -0.352 e. The predicted octanol–water partition coefficient (Wildman–Crippen LogP) is 3.01. The molecular weight excluding hydrogens is 416 g/mol. The normalized spacial score (nSPS) is 16.2. The van der Waals surface area contributed by atoms with Gasteiger partial charge in [-0.1, -0.05) is 24.3 Å². The number of carbonyl (C=O) groups is 2. The number of carbonyl (C=O) groups excluding carboxylic acids is 2. The van der Waals surface area contributed by atoms with Crippen LogP contribution in [0, 0.1) is 0 Å². The summed E-state index contributed by atoms with van der Waals surface area (Å²) < 4.78 is 3.28. The highest BCUT2D eigenvalue weighted by atomic mass is 16.2. The van der Waals surface area contributed by atoms with E-state index in [1.165, 1.54) is 0 Å². The SMILES string of the molecule is Cn1c(=O)n(C)c2cc(CCC(=O)N3CCCC[C@H]3CCNC(=O)c3ccccc3)ccc21. The number of nitrogens with zero attached hydrogens (tertiary/aromatic N) is 3. The van der Waals surface area contributed by atoms with Crippen molar-refractivity contribution in [3.63, 3.8) is 0 Å². The van der Waals surface area contributed by atoms with Crippen LogP contribution >= 0.6 is 0 Å². The molecular formula is C26H32N4O3. The third kappa shape index (κ3) is 5.02. The first-order valence-corrected chi connectivity index (χ1v) is 11.7. The van der Waals surface area contributed by atoms with Crippen molar-refractivity contribution in [3.05, 3.63) is 70.1 Å². The van der Waals surface area contributed by atoms with Crippen LogP contribution < -0.4 is 11.0 Å². The standard InChI is InChI=1S/C26H32N4O3/c1-28-22-13-11-19(18-23(22)29(2)26(28)33)12-14-24(31)30-17-7-6-10-21(30)15-16-27-25(32)20-8-4-3-5-9-20/h3-5,8-9,11,13,18,21H,6-7,10,12,14-17H2,1-2H3,(H,27,32)/t21-/m0/s1. The number of imidazole rings is 1. The van der Waals surface area contributed by atoms with Crippen molar-refractivity contribution < 1.29 is 9.59 Å². The molecule has 2 amide bonds. The van der Waals surface area contributed by atoms with Gasteiger partial charge in [0.25, 0.3) is 5.91 Å². The highest BCUT2D eigenvalue weighted by Gasteiger charge is 2.26. The zero-order valence-corrected chi connectivity index (χ0v) is 19.4. The fourth-order valence-corrected chi connectivity index (χ4v) is 4.78. The lowest BCUT2D eigenvalue weighted by Crippen LogP contribution is -2.45. The fraction of sp³-hybridized carbons (Fsp3) is 0.423. The van der Waals surface area contributed by atoms with E-state index in [0.29, 0.717) is 24.9 Å². The maximum atomic E-state index is 13.1. The number of aryl methyl sites for hydroxylation is 3. The summed E-state index contributed by atoms with van der Waals surface area (Å²) in [4.78, 5) is 39.5. The van der Waals surface area contributed by atoms with E-state index < -0.39 is 0 Å². The average Bonchev–Trinajstić information content (AvgIpc) is 3.06. The van der Waals surface area contributed by atoms with E-state index in [2.05, 4.69) is 5.32 Å². The number of amides is 2. The van der Waals surface area contributed by atoms with E-state index in [9.17, 15) is 14.4 Å². The second-order valence-electron chi connectivity index (χ2n) is 8.87. The van der Waals surface area contributed by atoms with E-state index in [4.69, 9.17) is 0 Å². The van der Waals surface area contributed by atoms with E-state index >= 15 is 0 Å². The minimum absolute atomic E-state index is 0.0475. The summed E-state index contributed by atoms with van der Waals surface area (Å²) in [6.45, 7) is 1.34. The van der Waals surface area contributed by atoms with Gasteiger partial charge in [-0.3, -0.25) is 18.7 Å². The summed E-state index contributed by atoms with van der Waals surface area (Å²) in [6.07, 6.45) is 4.97. The number of likely N-dealkylation sites (tertiary alicyclic amines) is 1. The third-order valence-electron chi connectivity index (χ3n) is 6.71. The molecule has 1 saturated heterocycles.